The van der Waals surface area contributed by atoms with Gasteiger partial charge in [-0.25, -0.2) is 4.79 Å². The lowest BCUT2D eigenvalue weighted by Crippen LogP contribution is -2.57. The van der Waals surface area contributed by atoms with Gasteiger partial charge in [-0.3, -0.25) is 14.4 Å². The van der Waals surface area contributed by atoms with Gasteiger partial charge in [0.1, 0.15) is 0 Å². The highest BCUT2D eigenvalue weighted by atomic mass is 28.3. The van der Waals surface area contributed by atoms with Crippen molar-refractivity contribution >= 4 is 32.2 Å². The van der Waals surface area contributed by atoms with Crippen LogP contribution in [0.15, 0.2) is 48.5 Å². The van der Waals surface area contributed by atoms with E-state index in [-0.39, 0.29) is 18.9 Å². The summed E-state index contributed by atoms with van der Waals surface area (Å²) in [6.45, 7) is 5.96. The minimum absolute atomic E-state index is 0.0425. The first kappa shape index (κ1) is 30.4. The van der Waals surface area contributed by atoms with Crippen LogP contribution in [0.25, 0.3) is 0 Å². The van der Waals surface area contributed by atoms with Crippen molar-refractivity contribution in [2.45, 2.75) is 52.4 Å². The van der Waals surface area contributed by atoms with Gasteiger partial charge in [0.05, 0.1) is 20.3 Å². The van der Waals surface area contributed by atoms with E-state index in [1.54, 1.807) is 25.1 Å². The molecule has 0 saturated carbocycles. The van der Waals surface area contributed by atoms with Gasteiger partial charge in [-0.1, -0.05) is 63.2 Å². The van der Waals surface area contributed by atoms with Gasteiger partial charge >= 0.3 is 6.03 Å². The van der Waals surface area contributed by atoms with Gasteiger partial charge in [0.25, 0.3) is 14.9 Å². The van der Waals surface area contributed by atoms with E-state index in [0.29, 0.717) is 29.7 Å². The maximum absolute atomic E-state index is 13.1. The zero-order valence-corrected chi connectivity index (χ0v) is 23.6. The zero-order valence-electron chi connectivity index (χ0n) is 22.6. The van der Waals surface area contributed by atoms with Gasteiger partial charge in [-0.15, -0.1) is 0 Å². The maximum Gasteiger partial charge on any atom is 0.307 e. The summed E-state index contributed by atoms with van der Waals surface area (Å²) < 4.78 is 10.6. The van der Waals surface area contributed by atoms with Gasteiger partial charge in [-0.2, -0.15) is 0 Å². The summed E-state index contributed by atoms with van der Waals surface area (Å²) in [5.41, 5.74) is 1.14. The first-order valence-corrected chi connectivity index (χ1v) is 14.2. The Kier molecular flexibility index (Phi) is 12.3. The molecule has 1 unspecified atom stereocenters. The van der Waals surface area contributed by atoms with Crippen molar-refractivity contribution in [3.8, 4) is 11.5 Å². The van der Waals surface area contributed by atoms with Gasteiger partial charge < -0.3 is 30.4 Å². The fraction of sp³-hybridized carbons (Fsp3) is 0.407. The summed E-state index contributed by atoms with van der Waals surface area (Å²) in [5.74, 6) is -0.485. The summed E-state index contributed by atoms with van der Waals surface area (Å²) >= 11 is 0. The fourth-order valence-corrected chi connectivity index (χ4v) is 5.61. The lowest BCUT2D eigenvalue weighted by Gasteiger charge is -2.21. The highest BCUT2D eigenvalue weighted by molar-refractivity contribution is 6.89. The average Bonchev–Trinajstić information content (AvgIpc) is 2.92. The number of carbonyl (C=O) groups excluding carboxylic acids is 4. The Labute approximate surface area is 225 Å². The quantitative estimate of drug-likeness (QED) is 0.214. The average molecular weight is 542 g/mol. The van der Waals surface area contributed by atoms with E-state index in [2.05, 4.69) is 20.9 Å². The molecule has 0 aliphatic heterocycles. The van der Waals surface area contributed by atoms with E-state index >= 15 is 0 Å². The number of amides is 4. The van der Waals surface area contributed by atoms with E-state index in [4.69, 9.17) is 9.47 Å². The van der Waals surface area contributed by atoms with E-state index in [1.165, 1.54) is 14.2 Å². The predicted molar refractivity (Wildman–Crippen MR) is 146 cm³/mol. The van der Waals surface area contributed by atoms with Crippen LogP contribution in [-0.4, -0.2) is 52.5 Å². The third-order valence-corrected chi connectivity index (χ3v) is 8.07. The molecule has 11 heteroatoms. The Morgan fingerprint density at radius 3 is 2.21 bits per heavy atom. The van der Waals surface area contributed by atoms with Crippen LogP contribution in [0.4, 0.5) is 9.59 Å². The zero-order chi connectivity index (χ0) is 28.1. The number of hydrogen-bond donors (Lipinski definition) is 4. The topological polar surface area (TPSA) is 135 Å². The maximum atomic E-state index is 13.1. The number of Topliss-reactive ketones (excluding diaryl/α,β-unsaturated/α-hetero) is 1. The summed E-state index contributed by atoms with van der Waals surface area (Å²) in [6.07, 6.45) is 0.220. The lowest BCUT2D eigenvalue weighted by atomic mass is 10.1. The number of rotatable bonds is 14. The van der Waals surface area contributed by atoms with Crippen molar-refractivity contribution in [2.24, 2.45) is 5.92 Å². The normalized spacial score (nSPS) is 11.4. The number of urea groups is 1. The monoisotopic (exact) mass is 541 g/mol. The minimum Gasteiger partial charge on any atom is -0.493 e. The molecule has 4 N–H and O–H groups in total. The van der Waals surface area contributed by atoms with Crippen LogP contribution in [0, 0.1) is 5.92 Å². The van der Waals surface area contributed by atoms with Crippen LogP contribution in [0.2, 0.25) is 6.04 Å². The first-order valence-electron chi connectivity index (χ1n) is 12.5. The molecule has 0 bridgehead atoms. The molecule has 2 aromatic rings. The third kappa shape index (κ3) is 9.22. The van der Waals surface area contributed by atoms with E-state index in [0.717, 1.165) is 5.56 Å². The Morgan fingerprint density at radius 1 is 0.895 bits per heavy atom. The van der Waals surface area contributed by atoms with Crippen molar-refractivity contribution in [1.82, 2.24) is 20.9 Å². The molecule has 0 fully saturated rings. The fourth-order valence-electron chi connectivity index (χ4n) is 3.68. The number of benzene rings is 2. The van der Waals surface area contributed by atoms with E-state index in [9.17, 15) is 19.2 Å². The SMILES string of the molecule is CCC(NC(=O)[Si](CC(C)C)NC(=O)NCc1ccccc1)C(=O)C(=O)NCc1cccc(OC)c1OC. The number of carbonyl (C=O) groups is 4. The minimum atomic E-state index is -2.09. The second-order valence-electron chi connectivity index (χ2n) is 9.00. The predicted octanol–water partition coefficient (Wildman–Crippen LogP) is 3.11. The van der Waals surface area contributed by atoms with Gasteiger partial charge in [-0.05, 0) is 30.0 Å². The molecule has 0 aliphatic carbocycles. The smallest absolute Gasteiger partial charge is 0.307 e. The molecule has 0 spiro atoms. The van der Waals surface area contributed by atoms with Crippen molar-refractivity contribution < 1.29 is 28.7 Å². The molecule has 205 valence electrons. The summed E-state index contributed by atoms with van der Waals surface area (Å²) in [4.78, 5) is 53.9. The largest absolute Gasteiger partial charge is 0.493 e. The molecule has 38 heavy (non-hydrogen) atoms. The van der Waals surface area contributed by atoms with Crippen molar-refractivity contribution in [1.29, 1.82) is 0 Å². The molecule has 2 rings (SSSR count). The molecule has 0 aromatic heterocycles. The summed E-state index contributed by atoms with van der Waals surface area (Å²) in [5, 5.41) is 8.03. The van der Waals surface area contributed by atoms with Crippen LogP contribution < -0.4 is 30.4 Å². The second-order valence-corrected chi connectivity index (χ2v) is 11.1. The van der Waals surface area contributed by atoms with Gasteiger partial charge in [0, 0.05) is 18.7 Å². The summed E-state index contributed by atoms with van der Waals surface area (Å²) in [7, 11) is 0.913. The number of nitrogens with one attached hydrogen (secondary N) is 4. The Hall–Kier alpha value is -3.86. The van der Waals surface area contributed by atoms with Crippen molar-refractivity contribution in [2.75, 3.05) is 14.2 Å². The number of para-hydroxylation sites is 1. The highest BCUT2D eigenvalue weighted by Gasteiger charge is 2.31. The number of hydrogen-bond acceptors (Lipinski definition) is 6. The molecule has 0 saturated heterocycles. The van der Waals surface area contributed by atoms with Crippen LogP contribution in [0.3, 0.4) is 0 Å². The number of ether oxygens (including phenoxy) is 2. The summed E-state index contributed by atoms with van der Waals surface area (Å²) in [6, 6.07) is 13.6. The van der Waals surface area contributed by atoms with Gasteiger partial charge in [0.2, 0.25) is 11.3 Å². The van der Waals surface area contributed by atoms with Crippen molar-refractivity contribution in [3.05, 3.63) is 59.7 Å². The molecule has 0 aliphatic rings. The Balaban J connectivity index is 1.99. The molecule has 2 aromatic carbocycles. The third-order valence-electron chi connectivity index (χ3n) is 5.62. The second kappa shape index (κ2) is 15.4. The molecule has 10 nitrogen and oxygen atoms in total. The Bertz CT molecular complexity index is 1100. The Morgan fingerprint density at radius 2 is 1.61 bits per heavy atom. The molecule has 0 heterocycles. The van der Waals surface area contributed by atoms with Crippen LogP contribution in [0.1, 0.15) is 38.3 Å². The van der Waals surface area contributed by atoms with Crippen molar-refractivity contribution in [3.63, 3.8) is 0 Å². The van der Waals surface area contributed by atoms with Crippen LogP contribution >= 0.6 is 0 Å². The molecular weight excluding hydrogens is 504 g/mol. The number of methoxy groups -OCH3 is 2. The van der Waals surface area contributed by atoms with E-state index < -0.39 is 38.3 Å². The van der Waals surface area contributed by atoms with Gasteiger partial charge in [0.15, 0.2) is 11.5 Å². The standard InChI is InChI=1S/C27H37N4O6Si/c1-6-21(23(32)25(33)28-16-20-13-10-14-22(36-4)24(20)37-5)30-27(35)38(17-18(2)3)31-26(34)29-15-19-11-8-7-9-12-19/h7-14,18,21H,6,15-17H2,1-5H3,(H,28,33)(H,30,35)(H2,29,31,34). The molecule has 4 amide bonds. The first-order chi connectivity index (χ1) is 18.2. The number of ketones is 1. The molecule has 1 radical (unpaired) electrons. The van der Waals surface area contributed by atoms with Crippen LogP contribution in [0.5, 0.6) is 11.5 Å². The highest BCUT2D eigenvalue weighted by Crippen LogP contribution is 2.30. The van der Waals surface area contributed by atoms with Crippen LogP contribution in [-0.2, 0) is 22.7 Å². The van der Waals surface area contributed by atoms with E-state index in [1.807, 2.05) is 44.2 Å². The lowest BCUT2D eigenvalue weighted by molar-refractivity contribution is -0.139. The molecular formula is C27H37N4O6Si. The molecule has 1 atom stereocenters.